The van der Waals surface area contributed by atoms with Crippen LogP contribution in [-0.2, 0) is 0 Å². The van der Waals surface area contributed by atoms with Crippen molar-refractivity contribution in [1.29, 1.82) is 0 Å². The van der Waals surface area contributed by atoms with Gasteiger partial charge < -0.3 is 4.90 Å². The molecule has 0 aliphatic carbocycles. The molecule has 24 heavy (non-hydrogen) atoms. The predicted molar refractivity (Wildman–Crippen MR) is 99.1 cm³/mol. The summed E-state index contributed by atoms with van der Waals surface area (Å²) in [4.78, 5) is 21.5. The zero-order valence-corrected chi connectivity index (χ0v) is 14.2. The number of thioether (sulfide) groups is 1. The summed E-state index contributed by atoms with van der Waals surface area (Å²) in [6.07, 6.45) is 1.95. The van der Waals surface area contributed by atoms with Gasteiger partial charge in [-0.3, -0.25) is 10.1 Å². The molecule has 1 aliphatic heterocycles. The molecule has 3 rings (SSSR count). The second-order valence-electron chi connectivity index (χ2n) is 5.29. The molecular weight excluding hydrogens is 324 g/mol. The molecular formula is C17H16N4O2S. The lowest BCUT2D eigenvalue weighted by molar-refractivity contribution is -0.384. The summed E-state index contributed by atoms with van der Waals surface area (Å²) in [5, 5.41) is 11.6. The molecule has 1 heterocycles. The number of nitrogens with zero attached hydrogens (tertiary/aromatic N) is 4. The molecule has 2 aromatic rings. The van der Waals surface area contributed by atoms with Gasteiger partial charge in [0.05, 0.1) is 4.92 Å². The lowest BCUT2D eigenvalue weighted by atomic mass is 10.1. The van der Waals surface area contributed by atoms with Gasteiger partial charge >= 0.3 is 0 Å². The molecule has 0 fully saturated rings. The highest BCUT2D eigenvalue weighted by atomic mass is 32.2. The van der Waals surface area contributed by atoms with Crippen LogP contribution in [0.15, 0.2) is 58.5 Å². The summed E-state index contributed by atoms with van der Waals surface area (Å²) >= 11 is 1.52. The molecule has 122 valence electrons. The zero-order chi connectivity index (χ0) is 17.1. The van der Waals surface area contributed by atoms with Gasteiger partial charge in [0.25, 0.3) is 5.69 Å². The molecule has 0 amide bonds. The predicted octanol–water partition coefficient (Wildman–Crippen LogP) is 3.85. The van der Waals surface area contributed by atoms with Gasteiger partial charge in [-0.05, 0) is 25.3 Å². The fourth-order valence-corrected chi connectivity index (χ4v) is 2.91. The van der Waals surface area contributed by atoms with E-state index in [0.29, 0.717) is 12.5 Å². The van der Waals surface area contributed by atoms with E-state index in [-0.39, 0.29) is 5.69 Å². The minimum Gasteiger partial charge on any atom is -0.301 e. The number of non-ortho nitro benzene ring substituents is 1. The summed E-state index contributed by atoms with van der Waals surface area (Å²) in [6, 6.07) is 14.5. The molecule has 0 saturated carbocycles. The number of amidine groups is 2. The highest BCUT2D eigenvalue weighted by molar-refractivity contribution is 8.13. The van der Waals surface area contributed by atoms with Gasteiger partial charge in [0.2, 0.25) is 0 Å². The Morgan fingerprint density at radius 1 is 1.12 bits per heavy atom. The highest BCUT2D eigenvalue weighted by Gasteiger charge is 2.19. The second kappa shape index (κ2) is 6.84. The first-order valence-corrected chi connectivity index (χ1v) is 8.57. The third kappa shape index (κ3) is 3.30. The van der Waals surface area contributed by atoms with Gasteiger partial charge in [0.1, 0.15) is 6.67 Å². The van der Waals surface area contributed by atoms with Crippen molar-refractivity contribution in [2.75, 3.05) is 17.8 Å². The van der Waals surface area contributed by atoms with E-state index in [9.17, 15) is 10.1 Å². The minimum atomic E-state index is -0.406. The molecule has 0 unspecified atom stereocenters. The number of anilines is 1. The van der Waals surface area contributed by atoms with E-state index in [4.69, 9.17) is 0 Å². The maximum atomic E-state index is 10.8. The standard InChI is InChI=1S/C17H16N4O2S/c1-12-3-5-13(6-4-12)16-18-11-20(17(19-16)24-2)14-7-9-15(10-8-14)21(22)23/h3-10H,11H2,1-2H3. The van der Waals surface area contributed by atoms with Crippen molar-refractivity contribution in [3.8, 4) is 0 Å². The number of rotatable bonds is 3. The molecule has 0 saturated heterocycles. The maximum Gasteiger partial charge on any atom is 0.269 e. The first kappa shape index (κ1) is 16.2. The van der Waals surface area contributed by atoms with E-state index >= 15 is 0 Å². The van der Waals surface area contributed by atoms with Crippen molar-refractivity contribution in [1.82, 2.24) is 0 Å². The van der Waals surface area contributed by atoms with Gasteiger partial charge in [-0.1, -0.05) is 41.6 Å². The Morgan fingerprint density at radius 3 is 2.38 bits per heavy atom. The van der Waals surface area contributed by atoms with Crippen molar-refractivity contribution in [3.63, 3.8) is 0 Å². The maximum absolute atomic E-state index is 10.8. The number of nitro benzene ring substituents is 1. The fraction of sp³-hybridized carbons (Fsp3) is 0.176. The number of aliphatic imine (C=N–C) groups is 2. The van der Waals surface area contributed by atoms with Crippen LogP contribution in [0.2, 0.25) is 0 Å². The van der Waals surface area contributed by atoms with E-state index in [2.05, 4.69) is 9.98 Å². The Kier molecular flexibility index (Phi) is 4.61. The van der Waals surface area contributed by atoms with E-state index in [1.807, 2.05) is 42.3 Å². The van der Waals surface area contributed by atoms with Gasteiger partial charge in [-0.25, -0.2) is 9.98 Å². The molecule has 2 aromatic carbocycles. The first-order chi connectivity index (χ1) is 11.6. The van der Waals surface area contributed by atoms with Gasteiger partial charge in [0.15, 0.2) is 11.0 Å². The Morgan fingerprint density at radius 2 is 1.79 bits per heavy atom. The van der Waals surface area contributed by atoms with E-state index in [0.717, 1.165) is 16.4 Å². The first-order valence-electron chi connectivity index (χ1n) is 7.34. The molecule has 0 aromatic heterocycles. The topological polar surface area (TPSA) is 71.1 Å². The molecule has 0 radical (unpaired) electrons. The van der Waals surface area contributed by atoms with Crippen molar-refractivity contribution in [3.05, 3.63) is 69.8 Å². The lowest BCUT2D eigenvalue weighted by Crippen LogP contribution is -2.33. The Labute approximate surface area is 144 Å². The summed E-state index contributed by atoms with van der Waals surface area (Å²) in [5.74, 6) is 0.706. The zero-order valence-electron chi connectivity index (χ0n) is 13.3. The van der Waals surface area contributed by atoms with Crippen LogP contribution in [0, 0.1) is 17.0 Å². The average molecular weight is 340 g/mol. The number of aryl methyl sites for hydroxylation is 1. The van der Waals surface area contributed by atoms with Crippen molar-refractivity contribution in [2.24, 2.45) is 9.98 Å². The molecule has 0 atom stereocenters. The summed E-state index contributed by atoms with van der Waals surface area (Å²) in [6.45, 7) is 2.47. The van der Waals surface area contributed by atoms with Gasteiger partial charge in [-0.15, -0.1) is 0 Å². The van der Waals surface area contributed by atoms with Crippen molar-refractivity contribution in [2.45, 2.75) is 6.92 Å². The quantitative estimate of drug-likeness (QED) is 0.628. The van der Waals surface area contributed by atoms with Crippen LogP contribution in [0.25, 0.3) is 0 Å². The number of nitro groups is 1. The van der Waals surface area contributed by atoms with E-state index in [1.165, 1.54) is 29.5 Å². The van der Waals surface area contributed by atoms with Gasteiger partial charge in [0, 0.05) is 23.4 Å². The van der Waals surface area contributed by atoms with Gasteiger partial charge in [-0.2, -0.15) is 0 Å². The average Bonchev–Trinajstić information content (AvgIpc) is 2.62. The third-order valence-corrected chi connectivity index (χ3v) is 4.34. The van der Waals surface area contributed by atoms with Crippen LogP contribution in [-0.4, -0.2) is 28.9 Å². The normalized spacial score (nSPS) is 14.2. The fourth-order valence-electron chi connectivity index (χ4n) is 2.35. The summed E-state index contributed by atoms with van der Waals surface area (Å²) in [7, 11) is 0. The number of hydrogen-bond donors (Lipinski definition) is 0. The molecule has 0 spiro atoms. The van der Waals surface area contributed by atoms with Crippen LogP contribution in [0.1, 0.15) is 11.1 Å². The molecule has 7 heteroatoms. The lowest BCUT2D eigenvalue weighted by Gasteiger charge is -2.26. The van der Waals surface area contributed by atoms with Crippen LogP contribution in [0.3, 0.4) is 0 Å². The van der Waals surface area contributed by atoms with E-state index < -0.39 is 4.92 Å². The van der Waals surface area contributed by atoms with Crippen LogP contribution >= 0.6 is 11.8 Å². The third-order valence-electron chi connectivity index (χ3n) is 3.66. The van der Waals surface area contributed by atoms with Crippen LogP contribution in [0.5, 0.6) is 0 Å². The minimum absolute atomic E-state index is 0.0715. The Hall–Kier alpha value is -2.67. The summed E-state index contributed by atoms with van der Waals surface area (Å²) in [5.41, 5.74) is 3.08. The molecule has 6 nitrogen and oxygen atoms in total. The smallest absolute Gasteiger partial charge is 0.269 e. The van der Waals surface area contributed by atoms with Crippen molar-refractivity contribution < 1.29 is 4.92 Å². The number of benzene rings is 2. The second-order valence-corrected chi connectivity index (χ2v) is 6.06. The van der Waals surface area contributed by atoms with E-state index in [1.54, 1.807) is 12.1 Å². The highest BCUT2D eigenvalue weighted by Crippen LogP contribution is 2.24. The largest absolute Gasteiger partial charge is 0.301 e. The summed E-state index contributed by atoms with van der Waals surface area (Å²) < 4.78 is 0. The molecule has 0 bridgehead atoms. The monoisotopic (exact) mass is 340 g/mol. The SMILES string of the molecule is CSC1=NC(c2ccc(C)cc2)=NCN1c1ccc([N+](=O)[O-])cc1. The van der Waals surface area contributed by atoms with Crippen LogP contribution < -0.4 is 4.90 Å². The number of hydrogen-bond acceptors (Lipinski definition) is 6. The van der Waals surface area contributed by atoms with Crippen molar-refractivity contribution >= 4 is 34.1 Å². The Balaban J connectivity index is 1.86. The molecule has 1 aliphatic rings. The Bertz CT molecular complexity index is 813. The molecule has 0 N–H and O–H groups in total. The van der Waals surface area contributed by atoms with Crippen LogP contribution in [0.4, 0.5) is 11.4 Å².